The molecule has 6 heteroatoms. The van der Waals surface area contributed by atoms with Gasteiger partial charge in [-0.25, -0.2) is 8.42 Å². The number of rotatable bonds is 8. The van der Waals surface area contributed by atoms with Gasteiger partial charge in [0.05, 0.1) is 16.6 Å². The third-order valence-corrected chi connectivity index (χ3v) is 6.72. The summed E-state index contributed by atoms with van der Waals surface area (Å²) in [5.41, 5.74) is 2.26. The number of anilines is 1. The van der Waals surface area contributed by atoms with Crippen molar-refractivity contribution in [2.45, 2.75) is 31.2 Å². The van der Waals surface area contributed by atoms with Crippen LogP contribution in [0.5, 0.6) is 0 Å². The van der Waals surface area contributed by atoms with Crippen LogP contribution in [0, 0.1) is 6.92 Å². The predicted octanol–water partition coefficient (Wildman–Crippen LogP) is 4.46. The first kappa shape index (κ1) is 21.6. The molecular weight excluding hydrogens is 396 g/mol. The van der Waals surface area contributed by atoms with E-state index in [1.54, 1.807) is 30.3 Å². The number of amides is 1. The monoisotopic (exact) mass is 422 g/mol. The molecule has 0 aliphatic rings. The van der Waals surface area contributed by atoms with Crippen LogP contribution < -0.4 is 9.62 Å². The summed E-state index contributed by atoms with van der Waals surface area (Å²) in [6.07, 6.45) is 0.700. The van der Waals surface area contributed by atoms with Crippen molar-refractivity contribution in [1.29, 1.82) is 0 Å². The number of carbonyl (C=O) groups is 1. The molecule has 3 aromatic carbocycles. The van der Waals surface area contributed by atoms with Crippen molar-refractivity contribution in [3.05, 3.63) is 96.1 Å². The van der Waals surface area contributed by atoms with Crippen molar-refractivity contribution in [3.8, 4) is 0 Å². The Morgan fingerprint density at radius 1 is 0.900 bits per heavy atom. The first-order valence-electron chi connectivity index (χ1n) is 9.91. The highest BCUT2D eigenvalue weighted by Crippen LogP contribution is 2.26. The average Bonchev–Trinajstić information content (AvgIpc) is 2.77. The van der Waals surface area contributed by atoms with Crippen molar-refractivity contribution in [2.24, 2.45) is 0 Å². The van der Waals surface area contributed by atoms with Crippen molar-refractivity contribution >= 4 is 21.6 Å². The highest BCUT2D eigenvalue weighted by molar-refractivity contribution is 7.92. The van der Waals surface area contributed by atoms with E-state index in [2.05, 4.69) is 5.32 Å². The number of carbonyl (C=O) groups excluding carboxylic acids is 1. The molecule has 0 aromatic heterocycles. The Bertz CT molecular complexity index is 1080. The standard InChI is InChI=1S/C24H26N2O3S/c1-3-22(20-13-6-4-7-14-20)25-24(27)18-26(23-17-11-10-12-19(23)2)30(28,29)21-15-8-5-9-16-21/h4-17,22H,3,18H2,1-2H3,(H,25,27)/t22-/m1/s1. The zero-order valence-electron chi connectivity index (χ0n) is 17.2. The van der Waals surface area contributed by atoms with Gasteiger partial charge >= 0.3 is 0 Å². The molecule has 5 nitrogen and oxygen atoms in total. The summed E-state index contributed by atoms with van der Waals surface area (Å²) in [5, 5.41) is 2.98. The van der Waals surface area contributed by atoms with Gasteiger partial charge in [0, 0.05) is 0 Å². The summed E-state index contributed by atoms with van der Waals surface area (Å²) in [7, 11) is -3.91. The third kappa shape index (κ3) is 4.89. The first-order valence-corrected chi connectivity index (χ1v) is 11.3. The van der Waals surface area contributed by atoms with Gasteiger partial charge < -0.3 is 5.32 Å². The highest BCUT2D eigenvalue weighted by Gasteiger charge is 2.28. The van der Waals surface area contributed by atoms with Gasteiger partial charge in [0.25, 0.3) is 10.0 Å². The molecule has 30 heavy (non-hydrogen) atoms. The number of nitrogens with one attached hydrogen (secondary N) is 1. The molecule has 156 valence electrons. The normalized spacial score (nSPS) is 12.2. The predicted molar refractivity (Wildman–Crippen MR) is 120 cm³/mol. The maximum Gasteiger partial charge on any atom is 0.264 e. The number of hydrogen-bond donors (Lipinski definition) is 1. The molecule has 0 unspecified atom stereocenters. The van der Waals surface area contributed by atoms with Crippen LogP contribution in [0.15, 0.2) is 89.8 Å². The molecule has 0 saturated carbocycles. The van der Waals surface area contributed by atoms with Gasteiger partial charge in [-0.15, -0.1) is 0 Å². The molecule has 0 spiro atoms. The number of aryl methyl sites for hydroxylation is 1. The number of hydrogen-bond acceptors (Lipinski definition) is 3. The maximum absolute atomic E-state index is 13.4. The second-order valence-corrected chi connectivity index (χ2v) is 8.91. The van der Waals surface area contributed by atoms with Gasteiger partial charge in [-0.3, -0.25) is 9.10 Å². The van der Waals surface area contributed by atoms with Crippen LogP contribution in [-0.4, -0.2) is 20.9 Å². The molecular formula is C24H26N2O3S. The zero-order valence-corrected chi connectivity index (χ0v) is 18.0. The lowest BCUT2D eigenvalue weighted by atomic mass is 10.0. The molecule has 1 amide bonds. The van der Waals surface area contributed by atoms with E-state index in [4.69, 9.17) is 0 Å². The fourth-order valence-electron chi connectivity index (χ4n) is 3.34. The van der Waals surface area contributed by atoms with Gasteiger partial charge in [0.15, 0.2) is 0 Å². The summed E-state index contributed by atoms with van der Waals surface area (Å²) in [6.45, 7) is 3.52. The molecule has 0 aliphatic heterocycles. The average molecular weight is 423 g/mol. The molecule has 0 heterocycles. The van der Waals surface area contributed by atoms with Crippen molar-refractivity contribution in [1.82, 2.24) is 5.32 Å². The molecule has 3 rings (SSSR count). The van der Waals surface area contributed by atoms with E-state index in [1.807, 2.05) is 56.3 Å². The first-order chi connectivity index (χ1) is 14.4. The van der Waals surface area contributed by atoms with E-state index in [0.29, 0.717) is 12.1 Å². The Balaban J connectivity index is 1.92. The highest BCUT2D eigenvalue weighted by atomic mass is 32.2. The molecule has 0 saturated heterocycles. The molecule has 1 atom stereocenters. The molecule has 0 fully saturated rings. The van der Waals surface area contributed by atoms with Crippen LogP contribution >= 0.6 is 0 Å². The fraction of sp³-hybridized carbons (Fsp3) is 0.208. The summed E-state index contributed by atoms with van der Waals surface area (Å²) >= 11 is 0. The van der Waals surface area contributed by atoms with Crippen LogP contribution in [0.25, 0.3) is 0 Å². The molecule has 1 N–H and O–H groups in total. The van der Waals surface area contributed by atoms with Crippen molar-refractivity contribution < 1.29 is 13.2 Å². The van der Waals surface area contributed by atoms with Crippen LogP contribution in [0.2, 0.25) is 0 Å². The molecule has 3 aromatic rings. The SMILES string of the molecule is CC[C@@H](NC(=O)CN(c1ccccc1C)S(=O)(=O)c1ccccc1)c1ccccc1. The maximum atomic E-state index is 13.4. The van der Waals surface area contributed by atoms with Crippen LogP contribution in [0.3, 0.4) is 0 Å². The van der Waals surface area contributed by atoms with Crippen LogP contribution in [0.1, 0.15) is 30.5 Å². The third-order valence-electron chi connectivity index (χ3n) is 4.95. The van der Waals surface area contributed by atoms with Gasteiger partial charge in [0.1, 0.15) is 6.54 Å². The van der Waals surface area contributed by atoms with E-state index in [0.717, 1.165) is 11.1 Å². The van der Waals surface area contributed by atoms with E-state index < -0.39 is 10.0 Å². The van der Waals surface area contributed by atoms with Crippen molar-refractivity contribution in [2.75, 3.05) is 10.8 Å². The largest absolute Gasteiger partial charge is 0.348 e. The van der Waals surface area contributed by atoms with Gasteiger partial charge in [-0.2, -0.15) is 0 Å². The van der Waals surface area contributed by atoms with E-state index >= 15 is 0 Å². The Morgan fingerprint density at radius 3 is 2.07 bits per heavy atom. The van der Waals surface area contributed by atoms with Crippen LogP contribution in [-0.2, 0) is 14.8 Å². The van der Waals surface area contributed by atoms with Gasteiger partial charge in [0.2, 0.25) is 5.91 Å². The minimum atomic E-state index is -3.91. The Hall–Kier alpha value is -3.12. The molecule has 0 radical (unpaired) electrons. The Labute approximate surface area is 178 Å². The lowest BCUT2D eigenvalue weighted by Crippen LogP contribution is -2.42. The Kier molecular flexibility index (Phi) is 6.90. The lowest BCUT2D eigenvalue weighted by molar-refractivity contribution is -0.120. The second-order valence-electron chi connectivity index (χ2n) is 7.05. The van der Waals surface area contributed by atoms with Crippen molar-refractivity contribution in [3.63, 3.8) is 0 Å². The lowest BCUT2D eigenvalue weighted by Gasteiger charge is -2.27. The minimum absolute atomic E-state index is 0.149. The van der Waals surface area contributed by atoms with E-state index in [-0.39, 0.29) is 23.4 Å². The van der Waals surface area contributed by atoms with Crippen LogP contribution in [0.4, 0.5) is 5.69 Å². The minimum Gasteiger partial charge on any atom is -0.348 e. The number of sulfonamides is 1. The summed E-state index contributed by atoms with van der Waals surface area (Å²) < 4.78 is 28.0. The van der Waals surface area contributed by atoms with E-state index in [1.165, 1.54) is 16.4 Å². The quantitative estimate of drug-likeness (QED) is 0.583. The van der Waals surface area contributed by atoms with E-state index in [9.17, 15) is 13.2 Å². The summed E-state index contributed by atoms with van der Waals surface area (Å²) in [4.78, 5) is 13.1. The second kappa shape index (κ2) is 9.59. The topological polar surface area (TPSA) is 66.5 Å². The number of benzene rings is 3. The van der Waals surface area contributed by atoms with Gasteiger partial charge in [-0.05, 0) is 42.7 Å². The number of para-hydroxylation sites is 1. The molecule has 0 aliphatic carbocycles. The fourth-order valence-corrected chi connectivity index (χ4v) is 4.85. The smallest absolute Gasteiger partial charge is 0.264 e. The molecule has 0 bridgehead atoms. The Morgan fingerprint density at radius 2 is 1.47 bits per heavy atom. The van der Waals surface area contributed by atoms with Gasteiger partial charge in [-0.1, -0.05) is 73.7 Å². The zero-order chi connectivity index (χ0) is 21.6. The number of nitrogens with zero attached hydrogens (tertiary/aromatic N) is 1. The summed E-state index contributed by atoms with van der Waals surface area (Å²) in [6, 6.07) is 24.8. The summed E-state index contributed by atoms with van der Waals surface area (Å²) in [5.74, 6) is -0.353.